The summed E-state index contributed by atoms with van der Waals surface area (Å²) in [6.45, 7) is 13.6. The summed E-state index contributed by atoms with van der Waals surface area (Å²) in [5, 5.41) is 18.7. The largest absolute Gasteiger partial charge is 0.508 e. The third-order valence-electron chi connectivity index (χ3n) is 5.96. The summed E-state index contributed by atoms with van der Waals surface area (Å²) in [4.78, 5) is 54.8. The Labute approximate surface area is 258 Å². The van der Waals surface area contributed by atoms with Crippen LogP contribution in [0.3, 0.4) is 0 Å². The summed E-state index contributed by atoms with van der Waals surface area (Å²) in [6.07, 6.45) is 0.186. The molecule has 0 aliphatic rings. The van der Waals surface area contributed by atoms with E-state index in [4.69, 9.17) is 9.47 Å². The number of rotatable bonds is 9. The lowest BCUT2D eigenvalue weighted by molar-refractivity contribution is 0.0522. The van der Waals surface area contributed by atoms with Gasteiger partial charge in [0.05, 0.1) is 7.11 Å². The van der Waals surface area contributed by atoms with Crippen molar-refractivity contribution in [3.05, 3.63) is 76.6 Å². The second kappa shape index (κ2) is 16.1. The maximum Gasteiger partial charge on any atom is 0.407 e. The van der Waals surface area contributed by atoms with Gasteiger partial charge in [0.15, 0.2) is 5.69 Å². The molecular formula is C33H42N4O7. The van der Waals surface area contributed by atoms with E-state index in [1.807, 2.05) is 20.8 Å². The molecule has 0 bridgehead atoms. The fourth-order valence-electron chi connectivity index (χ4n) is 3.88. The number of alkyl carbamates (subject to hydrolysis) is 1. The molecule has 11 heteroatoms. The normalized spacial score (nSPS) is 10.5. The first-order valence-electron chi connectivity index (χ1n) is 14.4. The van der Waals surface area contributed by atoms with Gasteiger partial charge in [-0.2, -0.15) is 0 Å². The molecule has 1 aromatic heterocycles. The van der Waals surface area contributed by atoms with Gasteiger partial charge in [-0.15, -0.1) is 0 Å². The minimum absolute atomic E-state index is 0.0104. The van der Waals surface area contributed by atoms with E-state index >= 15 is 0 Å². The number of aromatic hydroxyl groups is 1. The molecule has 2 aromatic carbocycles. The van der Waals surface area contributed by atoms with Crippen molar-refractivity contribution >= 4 is 29.6 Å². The second-order valence-electron chi connectivity index (χ2n) is 10.5. The highest BCUT2D eigenvalue weighted by atomic mass is 16.6. The van der Waals surface area contributed by atoms with Crippen LogP contribution in [0.15, 0.2) is 48.5 Å². The topological polar surface area (TPSA) is 156 Å². The summed E-state index contributed by atoms with van der Waals surface area (Å²) < 4.78 is 10.1. The number of ether oxygens (including phenoxy) is 2. The van der Waals surface area contributed by atoms with Gasteiger partial charge in [0.25, 0.3) is 11.8 Å². The molecular weight excluding hydrogens is 564 g/mol. The summed E-state index contributed by atoms with van der Waals surface area (Å²) in [5.74, 6) is -1.86. The van der Waals surface area contributed by atoms with Gasteiger partial charge in [0, 0.05) is 35.5 Å². The van der Waals surface area contributed by atoms with E-state index in [1.54, 1.807) is 52.0 Å². The lowest BCUT2D eigenvalue weighted by Crippen LogP contribution is -2.32. The van der Waals surface area contributed by atoms with Crippen molar-refractivity contribution in [3.63, 3.8) is 0 Å². The lowest BCUT2D eigenvalue weighted by Gasteiger charge is -2.19. The van der Waals surface area contributed by atoms with Crippen LogP contribution in [0.2, 0.25) is 0 Å². The molecule has 4 N–H and O–H groups in total. The summed E-state index contributed by atoms with van der Waals surface area (Å²) >= 11 is 0. The molecule has 0 radical (unpaired) electrons. The highest BCUT2D eigenvalue weighted by Gasteiger charge is 2.24. The molecule has 0 spiro atoms. The predicted octanol–water partition coefficient (Wildman–Crippen LogP) is 5.99. The van der Waals surface area contributed by atoms with Crippen molar-refractivity contribution in [1.82, 2.24) is 15.6 Å². The van der Waals surface area contributed by atoms with Gasteiger partial charge < -0.3 is 30.5 Å². The smallest absolute Gasteiger partial charge is 0.407 e. The Morgan fingerprint density at radius 2 is 1.57 bits per heavy atom. The Bertz CT molecular complexity index is 1480. The molecule has 1 heterocycles. The first-order chi connectivity index (χ1) is 20.8. The number of hydrogen-bond donors (Lipinski definition) is 4. The Kier molecular flexibility index (Phi) is 12.9. The van der Waals surface area contributed by atoms with Crippen molar-refractivity contribution in [1.29, 1.82) is 0 Å². The Balaban J connectivity index is 0.00000330. The van der Waals surface area contributed by atoms with E-state index in [2.05, 4.69) is 20.9 Å². The maximum absolute atomic E-state index is 13.5. The number of carbonyl (C=O) groups is 4. The zero-order valence-electron chi connectivity index (χ0n) is 26.6. The van der Waals surface area contributed by atoms with Crippen molar-refractivity contribution in [3.8, 4) is 16.9 Å². The van der Waals surface area contributed by atoms with E-state index in [1.165, 1.54) is 31.4 Å². The SMILES string of the molecule is CC.CCCNC(=O)c1ccc(-c2cc(O)c(C)cc2C(=O)Nc2ccc(CNC(=O)OC(C)(C)C)cc2)c(C(=O)OC)n1. The van der Waals surface area contributed by atoms with E-state index < -0.39 is 29.5 Å². The minimum Gasteiger partial charge on any atom is -0.508 e. The number of aryl methyl sites for hydroxylation is 1. The van der Waals surface area contributed by atoms with Crippen molar-refractivity contribution < 1.29 is 33.8 Å². The summed E-state index contributed by atoms with van der Waals surface area (Å²) in [7, 11) is 1.19. The summed E-state index contributed by atoms with van der Waals surface area (Å²) in [6, 6.07) is 12.7. The van der Waals surface area contributed by atoms with Gasteiger partial charge in [-0.25, -0.2) is 14.6 Å². The predicted molar refractivity (Wildman–Crippen MR) is 169 cm³/mol. The molecule has 0 aliphatic carbocycles. The van der Waals surface area contributed by atoms with Crippen molar-refractivity contribution in [2.45, 2.75) is 67.0 Å². The molecule has 3 aromatic rings. The van der Waals surface area contributed by atoms with Gasteiger partial charge in [0.2, 0.25) is 0 Å². The first-order valence-corrected chi connectivity index (χ1v) is 14.4. The fourth-order valence-corrected chi connectivity index (χ4v) is 3.88. The first kappa shape index (κ1) is 35.3. The van der Waals surface area contributed by atoms with Crippen molar-refractivity contribution in [2.75, 3.05) is 19.0 Å². The molecule has 0 saturated heterocycles. The molecule has 236 valence electrons. The van der Waals surface area contributed by atoms with Gasteiger partial charge in [0.1, 0.15) is 17.0 Å². The third-order valence-corrected chi connectivity index (χ3v) is 5.96. The number of esters is 1. The van der Waals surface area contributed by atoms with Crippen LogP contribution in [0.1, 0.15) is 90.4 Å². The number of methoxy groups -OCH3 is 1. The van der Waals surface area contributed by atoms with Gasteiger partial charge >= 0.3 is 12.1 Å². The molecule has 3 amide bonds. The Morgan fingerprint density at radius 1 is 0.909 bits per heavy atom. The lowest BCUT2D eigenvalue weighted by atomic mass is 9.94. The quantitative estimate of drug-likeness (QED) is 0.216. The molecule has 0 fully saturated rings. The van der Waals surface area contributed by atoms with Crippen LogP contribution < -0.4 is 16.0 Å². The molecule has 0 unspecified atom stereocenters. The minimum atomic E-state index is -0.808. The van der Waals surface area contributed by atoms with E-state index in [-0.39, 0.29) is 40.4 Å². The van der Waals surface area contributed by atoms with Gasteiger partial charge in [-0.3, -0.25) is 9.59 Å². The number of benzene rings is 2. The highest BCUT2D eigenvalue weighted by Crippen LogP contribution is 2.33. The van der Waals surface area contributed by atoms with E-state index in [0.29, 0.717) is 17.8 Å². The second-order valence-corrected chi connectivity index (χ2v) is 10.5. The van der Waals surface area contributed by atoms with Gasteiger partial charge in [-0.05, 0) is 81.6 Å². The number of hydrogen-bond acceptors (Lipinski definition) is 8. The van der Waals surface area contributed by atoms with Crippen LogP contribution in [0.25, 0.3) is 11.1 Å². The monoisotopic (exact) mass is 606 g/mol. The number of phenols is 1. The number of anilines is 1. The standard InChI is InChI=1S/C31H36N4O7.C2H6/c1-7-14-32-28(38)24-13-12-21(26(35-24)29(39)41-6)22-16-25(36)18(2)15-23(22)27(37)34-20-10-8-19(9-11-20)17-33-30(40)42-31(3,4)5;1-2/h8-13,15-16,36H,7,14,17H2,1-6H3,(H,32,38)(H,33,40)(H,34,37);1-2H3. The van der Waals surface area contributed by atoms with Crippen LogP contribution in [0, 0.1) is 6.92 Å². The van der Waals surface area contributed by atoms with Crippen LogP contribution in [0.4, 0.5) is 10.5 Å². The maximum atomic E-state index is 13.5. The van der Waals surface area contributed by atoms with Crippen LogP contribution in [-0.2, 0) is 16.0 Å². The number of aromatic nitrogens is 1. The zero-order valence-corrected chi connectivity index (χ0v) is 26.6. The van der Waals surface area contributed by atoms with E-state index in [0.717, 1.165) is 12.0 Å². The Morgan fingerprint density at radius 3 is 2.16 bits per heavy atom. The third kappa shape index (κ3) is 9.82. The average Bonchev–Trinajstić information content (AvgIpc) is 3.00. The number of phenolic OH excluding ortho intramolecular Hbond substituents is 1. The number of nitrogens with zero attached hydrogens (tertiary/aromatic N) is 1. The number of carbonyl (C=O) groups excluding carboxylic acids is 4. The average molecular weight is 607 g/mol. The molecule has 0 atom stereocenters. The van der Waals surface area contributed by atoms with E-state index in [9.17, 15) is 24.3 Å². The molecule has 11 nitrogen and oxygen atoms in total. The number of nitrogens with one attached hydrogen (secondary N) is 3. The zero-order chi connectivity index (χ0) is 33.0. The number of pyridine rings is 1. The molecule has 0 aliphatic heterocycles. The highest BCUT2D eigenvalue weighted by molar-refractivity contribution is 6.11. The van der Waals surface area contributed by atoms with Gasteiger partial charge in [-0.1, -0.05) is 32.9 Å². The van der Waals surface area contributed by atoms with Crippen LogP contribution >= 0.6 is 0 Å². The van der Waals surface area contributed by atoms with Crippen LogP contribution in [-0.4, -0.2) is 53.2 Å². The fraction of sp³-hybridized carbons (Fsp3) is 0.364. The summed E-state index contributed by atoms with van der Waals surface area (Å²) in [5.41, 5.74) is 1.52. The molecule has 3 rings (SSSR count). The molecule has 44 heavy (non-hydrogen) atoms. The molecule has 0 saturated carbocycles. The Hall–Kier alpha value is -4.93. The number of amides is 3. The van der Waals surface area contributed by atoms with Crippen LogP contribution in [0.5, 0.6) is 5.75 Å². The van der Waals surface area contributed by atoms with Crippen molar-refractivity contribution in [2.24, 2.45) is 0 Å².